The number of benzene rings is 2. The van der Waals surface area contributed by atoms with Crippen molar-refractivity contribution in [3.8, 4) is 0 Å². The van der Waals surface area contributed by atoms with Gasteiger partial charge in [-0.05, 0) is 65.6 Å². The Morgan fingerprint density at radius 2 is 1.56 bits per heavy atom. The second-order valence-electron chi connectivity index (χ2n) is 9.69. The molecule has 18 heteroatoms. The molecule has 1 aromatic heterocycles. The van der Waals surface area contributed by atoms with Crippen molar-refractivity contribution in [2.24, 2.45) is 0 Å². The summed E-state index contributed by atoms with van der Waals surface area (Å²) >= 11 is 0. The molecule has 0 spiro atoms. The van der Waals surface area contributed by atoms with Gasteiger partial charge in [-0.1, -0.05) is 12.0 Å². The van der Waals surface area contributed by atoms with E-state index in [-0.39, 0.29) is 42.7 Å². The van der Waals surface area contributed by atoms with Gasteiger partial charge in [-0.3, -0.25) is 4.90 Å². The van der Waals surface area contributed by atoms with E-state index >= 15 is 0 Å². The molecule has 1 aliphatic heterocycles. The van der Waals surface area contributed by atoms with Gasteiger partial charge in [0, 0.05) is 12.6 Å². The third-order valence-corrected chi connectivity index (χ3v) is 6.89. The molecular weight excluding hydrogens is 603 g/mol. The highest BCUT2D eigenvalue weighted by Gasteiger charge is 2.42. The molecule has 2 aromatic carbocycles. The molecule has 1 aliphatic rings. The summed E-state index contributed by atoms with van der Waals surface area (Å²) in [5.74, 6) is -0.383. The molecule has 234 valence electrons. The van der Waals surface area contributed by atoms with Gasteiger partial charge in [-0.15, -0.1) is 5.10 Å². The Balaban J connectivity index is 1.94. The number of carboxylic acid groups (broad SMARTS) is 1. The first-order valence-electron chi connectivity index (χ1n) is 12.6. The smallest absolute Gasteiger partial charge is 0.416 e. The predicted molar refractivity (Wildman–Crippen MR) is 131 cm³/mol. The highest BCUT2D eigenvalue weighted by molar-refractivity contribution is 5.89. The molecule has 2 unspecified atom stereocenters. The van der Waals surface area contributed by atoms with Crippen LogP contribution in [-0.2, 0) is 31.6 Å². The number of hydrogen-bond donors (Lipinski definition) is 2. The standard InChI is InChI=1S/C25H23F9N6O3/c1-2-17-11-20(18-10-14(23(26,27)28)3-4-19(18)40(17)22(42)43)38(21-35-37-39(36-21)5-6-41)12-13-7-15(24(29,30)31)9-16(8-13)25(32,33)34/h3-4,7-10,17,20,41H,2,5-6,11-12H2,1H3,(H,42,43). The Hall–Kier alpha value is -4.09. The van der Waals surface area contributed by atoms with Crippen molar-refractivity contribution in [3.63, 3.8) is 0 Å². The van der Waals surface area contributed by atoms with E-state index in [1.165, 1.54) is 0 Å². The van der Waals surface area contributed by atoms with Gasteiger partial charge in [-0.2, -0.15) is 44.3 Å². The Kier molecular flexibility index (Phi) is 8.54. The van der Waals surface area contributed by atoms with Gasteiger partial charge in [0.15, 0.2) is 0 Å². The van der Waals surface area contributed by atoms with E-state index in [1.807, 2.05) is 0 Å². The van der Waals surface area contributed by atoms with Gasteiger partial charge in [0.25, 0.3) is 5.95 Å². The van der Waals surface area contributed by atoms with Crippen molar-refractivity contribution < 1.29 is 54.5 Å². The summed E-state index contributed by atoms with van der Waals surface area (Å²) < 4.78 is 123. The van der Waals surface area contributed by atoms with Crippen molar-refractivity contribution in [1.82, 2.24) is 20.2 Å². The van der Waals surface area contributed by atoms with Gasteiger partial charge >= 0.3 is 24.6 Å². The third-order valence-electron chi connectivity index (χ3n) is 6.89. The summed E-state index contributed by atoms with van der Waals surface area (Å²) in [5, 5.41) is 30.6. The molecule has 9 nitrogen and oxygen atoms in total. The second kappa shape index (κ2) is 11.5. The Morgan fingerprint density at radius 1 is 0.953 bits per heavy atom. The molecule has 3 aromatic rings. The maximum atomic E-state index is 13.7. The van der Waals surface area contributed by atoms with Crippen LogP contribution in [0.3, 0.4) is 0 Å². The van der Waals surface area contributed by atoms with Crippen molar-refractivity contribution in [1.29, 1.82) is 0 Å². The van der Waals surface area contributed by atoms with Crippen LogP contribution in [-0.4, -0.2) is 49.2 Å². The largest absolute Gasteiger partial charge is 0.465 e. The van der Waals surface area contributed by atoms with Crippen LogP contribution in [0.4, 0.5) is 55.9 Å². The number of halogens is 9. The van der Waals surface area contributed by atoms with Gasteiger partial charge in [0.2, 0.25) is 0 Å². The Labute approximate surface area is 237 Å². The fraction of sp³-hybridized carbons (Fsp3) is 0.440. The van der Waals surface area contributed by atoms with E-state index in [2.05, 4.69) is 15.4 Å². The average Bonchev–Trinajstić information content (AvgIpc) is 3.37. The normalized spacial score (nSPS) is 17.6. The number of aromatic nitrogens is 4. The predicted octanol–water partition coefficient (Wildman–Crippen LogP) is 6.14. The van der Waals surface area contributed by atoms with E-state index in [9.17, 15) is 54.5 Å². The maximum Gasteiger partial charge on any atom is 0.416 e. The first-order valence-corrected chi connectivity index (χ1v) is 12.6. The lowest BCUT2D eigenvalue weighted by Gasteiger charge is -2.43. The van der Waals surface area contributed by atoms with Gasteiger partial charge < -0.3 is 15.1 Å². The van der Waals surface area contributed by atoms with E-state index in [1.54, 1.807) is 6.92 Å². The van der Waals surface area contributed by atoms with Crippen LogP contribution in [0, 0.1) is 0 Å². The summed E-state index contributed by atoms with van der Waals surface area (Å²) in [5.41, 5.74) is -5.28. The molecule has 0 bridgehead atoms. The highest BCUT2D eigenvalue weighted by atomic mass is 19.4. The summed E-state index contributed by atoms with van der Waals surface area (Å²) in [6.45, 7) is 0.175. The Morgan fingerprint density at radius 3 is 2.07 bits per heavy atom. The van der Waals surface area contributed by atoms with E-state index < -0.39 is 72.1 Å². The number of alkyl halides is 9. The van der Waals surface area contributed by atoms with Crippen molar-refractivity contribution >= 4 is 17.7 Å². The molecule has 0 saturated carbocycles. The molecule has 0 aliphatic carbocycles. The SMILES string of the molecule is CCC1CC(N(Cc2cc(C(F)(F)F)cc(C(F)(F)F)c2)c2nnn(CCO)n2)c2cc(C(F)(F)F)ccc2N1C(=O)O. The molecule has 2 heterocycles. The molecule has 43 heavy (non-hydrogen) atoms. The van der Waals surface area contributed by atoms with E-state index in [0.29, 0.717) is 24.3 Å². The lowest BCUT2D eigenvalue weighted by molar-refractivity contribution is -0.143. The second-order valence-corrected chi connectivity index (χ2v) is 9.69. The number of fused-ring (bicyclic) bond motifs is 1. The number of aliphatic hydroxyl groups excluding tert-OH is 1. The van der Waals surface area contributed by atoms with Crippen LogP contribution >= 0.6 is 0 Å². The third kappa shape index (κ3) is 6.78. The van der Waals surface area contributed by atoms with E-state index in [0.717, 1.165) is 20.7 Å². The van der Waals surface area contributed by atoms with Crippen LogP contribution < -0.4 is 9.80 Å². The summed E-state index contributed by atoms with van der Waals surface area (Å²) in [6, 6.07) is 1.07. The zero-order valence-corrected chi connectivity index (χ0v) is 22.0. The lowest BCUT2D eigenvalue weighted by atomic mass is 9.87. The molecule has 2 N–H and O–H groups in total. The van der Waals surface area contributed by atoms with Crippen molar-refractivity contribution in [2.75, 3.05) is 16.4 Å². The van der Waals surface area contributed by atoms with Crippen LogP contribution in [0.2, 0.25) is 0 Å². The molecular formula is C25H23F9N6O3. The van der Waals surface area contributed by atoms with E-state index in [4.69, 9.17) is 0 Å². The topological polar surface area (TPSA) is 108 Å². The number of rotatable bonds is 7. The zero-order valence-electron chi connectivity index (χ0n) is 22.0. The lowest BCUT2D eigenvalue weighted by Crippen LogP contribution is -2.47. The summed E-state index contributed by atoms with van der Waals surface area (Å²) in [6.07, 6.45) is -16.8. The maximum absolute atomic E-state index is 13.7. The van der Waals surface area contributed by atoms with Gasteiger partial charge in [-0.25, -0.2) is 4.79 Å². The monoisotopic (exact) mass is 626 g/mol. The molecule has 0 radical (unpaired) electrons. The van der Waals surface area contributed by atoms with Crippen LogP contribution in [0.25, 0.3) is 0 Å². The number of hydrogen-bond acceptors (Lipinski definition) is 6. The molecule has 0 fully saturated rings. The van der Waals surface area contributed by atoms with Crippen LogP contribution in [0.1, 0.15) is 53.6 Å². The number of tetrazole rings is 1. The summed E-state index contributed by atoms with van der Waals surface area (Å²) in [4.78, 5) is 15.0. The number of carbonyl (C=O) groups is 1. The van der Waals surface area contributed by atoms with Crippen LogP contribution in [0.5, 0.6) is 0 Å². The fourth-order valence-corrected chi connectivity index (χ4v) is 4.97. The molecule has 1 amide bonds. The number of aliphatic hydroxyl groups is 1. The molecule has 4 rings (SSSR count). The Bertz CT molecular complexity index is 1440. The minimum Gasteiger partial charge on any atom is -0.465 e. The van der Waals surface area contributed by atoms with Crippen molar-refractivity contribution in [2.45, 2.75) is 63.5 Å². The highest BCUT2D eigenvalue weighted by Crippen LogP contribution is 2.46. The number of amides is 1. The fourth-order valence-electron chi connectivity index (χ4n) is 4.97. The quantitative estimate of drug-likeness (QED) is 0.304. The minimum atomic E-state index is -5.17. The van der Waals surface area contributed by atoms with Gasteiger partial charge in [0.1, 0.15) is 0 Å². The average molecular weight is 626 g/mol. The zero-order chi connectivity index (χ0) is 31.9. The molecule has 0 saturated heterocycles. The summed E-state index contributed by atoms with van der Waals surface area (Å²) in [7, 11) is 0. The van der Waals surface area contributed by atoms with Gasteiger partial charge in [0.05, 0.1) is 41.6 Å². The number of anilines is 2. The minimum absolute atomic E-state index is 0.0625. The first kappa shape index (κ1) is 31.8. The van der Waals surface area contributed by atoms with Crippen molar-refractivity contribution in [3.05, 3.63) is 64.2 Å². The van der Waals surface area contributed by atoms with Crippen LogP contribution in [0.15, 0.2) is 36.4 Å². The number of nitrogens with zero attached hydrogens (tertiary/aromatic N) is 6. The molecule has 2 atom stereocenters. The first-order chi connectivity index (χ1) is 19.9.